The van der Waals surface area contributed by atoms with Crippen LogP contribution in [0.25, 0.3) is 11.0 Å². The highest BCUT2D eigenvalue weighted by Crippen LogP contribution is 2.32. The third kappa shape index (κ3) is 14.6. The number of nitrogens with one attached hydrogen (secondary N) is 1. The summed E-state index contributed by atoms with van der Waals surface area (Å²) in [4.78, 5) is 24.1. The SMILES string of the molecule is CC(C)(O)CCNc1cc(Oc2ccc(Cl)cc2)ccc1[N+](=O)[O-].CC(C)(O)CCn1cnc2ccc(Oc3ccc(Cl)cc3)cc21.O=[N+]([O-])c1ccc(F)cc1F. The number of hydrogen-bond acceptors (Lipinski definition) is 10. The Hall–Kier alpha value is -5.87. The molecule has 1 heterocycles. The van der Waals surface area contributed by atoms with E-state index in [9.17, 15) is 39.2 Å². The molecular formula is C41H41Cl2F2N5O8. The molecule has 1 aromatic heterocycles. The summed E-state index contributed by atoms with van der Waals surface area (Å²) < 4.78 is 38.1. The third-order valence-corrected chi connectivity index (χ3v) is 8.48. The van der Waals surface area contributed by atoms with Crippen molar-refractivity contribution in [2.24, 2.45) is 0 Å². The number of nitro benzene ring substituents is 2. The molecule has 0 bridgehead atoms. The number of nitro groups is 2. The summed E-state index contributed by atoms with van der Waals surface area (Å²) in [7, 11) is 0. The molecule has 13 nitrogen and oxygen atoms in total. The van der Waals surface area contributed by atoms with Crippen LogP contribution in [-0.2, 0) is 6.54 Å². The second-order valence-electron chi connectivity index (χ2n) is 14.0. The lowest BCUT2D eigenvalue weighted by Gasteiger charge is -2.17. The van der Waals surface area contributed by atoms with Gasteiger partial charge in [-0.2, -0.15) is 4.39 Å². The summed E-state index contributed by atoms with van der Waals surface area (Å²) in [6.07, 6.45) is 2.90. The average molecular weight is 841 g/mol. The minimum Gasteiger partial charge on any atom is -0.457 e. The summed E-state index contributed by atoms with van der Waals surface area (Å²) >= 11 is 11.7. The smallest absolute Gasteiger partial charge is 0.304 e. The van der Waals surface area contributed by atoms with Gasteiger partial charge in [-0.15, -0.1) is 0 Å². The Balaban J connectivity index is 0.000000205. The number of halogens is 4. The van der Waals surface area contributed by atoms with Crippen LogP contribution < -0.4 is 14.8 Å². The van der Waals surface area contributed by atoms with Gasteiger partial charge in [-0.1, -0.05) is 23.2 Å². The van der Waals surface area contributed by atoms with E-state index in [0.29, 0.717) is 59.2 Å². The lowest BCUT2D eigenvalue weighted by molar-refractivity contribution is -0.387. The molecule has 0 radical (unpaired) electrons. The molecule has 0 fully saturated rings. The quantitative estimate of drug-likeness (QED) is 0.0749. The number of aromatic nitrogens is 2. The monoisotopic (exact) mass is 839 g/mol. The van der Waals surface area contributed by atoms with Crippen molar-refractivity contribution in [1.82, 2.24) is 9.55 Å². The van der Waals surface area contributed by atoms with Crippen LogP contribution in [0.5, 0.6) is 23.0 Å². The van der Waals surface area contributed by atoms with Crippen molar-refractivity contribution < 1.29 is 38.3 Å². The first kappa shape index (κ1) is 44.8. The highest BCUT2D eigenvalue weighted by Gasteiger charge is 2.18. The second kappa shape index (κ2) is 20.0. The van der Waals surface area contributed by atoms with Crippen molar-refractivity contribution in [3.63, 3.8) is 0 Å². The van der Waals surface area contributed by atoms with Gasteiger partial charge in [-0.25, -0.2) is 9.37 Å². The van der Waals surface area contributed by atoms with Crippen LogP contribution in [0.3, 0.4) is 0 Å². The largest absolute Gasteiger partial charge is 0.457 e. The minimum absolute atomic E-state index is 0.0470. The molecule has 0 unspecified atom stereocenters. The Morgan fingerprint density at radius 2 is 1.21 bits per heavy atom. The molecule has 0 aliphatic carbocycles. The molecule has 0 amide bonds. The van der Waals surface area contributed by atoms with Crippen molar-refractivity contribution in [3.8, 4) is 23.0 Å². The molecule has 17 heteroatoms. The number of aliphatic hydroxyl groups is 2. The fourth-order valence-corrected chi connectivity index (χ4v) is 5.21. The van der Waals surface area contributed by atoms with Crippen LogP contribution in [0.15, 0.2) is 109 Å². The molecule has 306 valence electrons. The fraction of sp³-hybridized carbons (Fsp3) is 0.244. The maximum Gasteiger partial charge on any atom is 0.304 e. The van der Waals surface area contributed by atoms with E-state index in [1.165, 1.54) is 12.1 Å². The van der Waals surface area contributed by atoms with Gasteiger partial charge in [0.25, 0.3) is 5.69 Å². The molecular weight excluding hydrogens is 799 g/mol. The molecule has 0 saturated heterocycles. The van der Waals surface area contributed by atoms with Gasteiger partial charge in [0.15, 0.2) is 0 Å². The van der Waals surface area contributed by atoms with Crippen LogP contribution in [-0.4, -0.2) is 47.4 Å². The number of nitrogens with zero attached hydrogens (tertiary/aromatic N) is 4. The van der Waals surface area contributed by atoms with Gasteiger partial charge in [0.05, 0.1) is 38.4 Å². The van der Waals surface area contributed by atoms with Crippen LogP contribution in [0.4, 0.5) is 25.8 Å². The second-order valence-corrected chi connectivity index (χ2v) is 14.9. The number of anilines is 1. The summed E-state index contributed by atoms with van der Waals surface area (Å²) in [5, 5.41) is 45.0. The maximum absolute atomic E-state index is 12.4. The maximum atomic E-state index is 12.4. The molecule has 5 aromatic carbocycles. The topological polar surface area (TPSA) is 175 Å². The first-order valence-electron chi connectivity index (χ1n) is 17.6. The number of rotatable bonds is 13. The van der Waals surface area contributed by atoms with E-state index >= 15 is 0 Å². The predicted molar refractivity (Wildman–Crippen MR) is 219 cm³/mol. The normalized spacial score (nSPS) is 11.1. The molecule has 0 spiro atoms. The summed E-state index contributed by atoms with van der Waals surface area (Å²) in [5.74, 6) is 0.536. The number of aryl methyl sites for hydroxylation is 1. The zero-order chi connectivity index (χ0) is 42.6. The van der Waals surface area contributed by atoms with Crippen molar-refractivity contribution in [3.05, 3.63) is 151 Å². The molecule has 0 atom stereocenters. The Bertz CT molecular complexity index is 2310. The van der Waals surface area contributed by atoms with E-state index in [2.05, 4.69) is 10.3 Å². The minimum atomic E-state index is -1.16. The van der Waals surface area contributed by atoms with E-state index in [4.69, 9.17) is 32.7 Å². The number of imidazole rings is 1. The molecule has 6 aromatic rings. The van der Waals surface area contributed by atoms with Gasteiger partial charge >= 0.3 is 5.69 Å². The van der Waals surface area contributed by atoms with Crippen molar-refractivity contribution in [2.45, 2.75) is 58.3 Å². The zero-order valence-electron chi connectivity index (χ0n) is 31.9. The molecule has 3 N–H and O–H groups in total. The average Bonchev–Trinajstić information content (AvgIpc) is 3.54. The van der Waals surface area contributed by atoms with Crippen molar-refractivity contribution in [2.75, 3.05) is 11.9 Å². The summed E-state index contributed by atoms with van der Waals surface area (Å²) in [5.41, 5.74) is -0.0750. The van der Waals surface area contributed by atoms with Crippen molar-refractivity contribution >= 4 is 51.3 Å². The Kier molecular flexibility index (Phi) is 15.5. The standard InChI is InChI=1S/C18H19ClN2O2.C17H19ClN2O4.C6H3F2NO2/c1-18(2,22)9-10-21-12-20-16-8-7-15(11-17(16)21)23-14-5-3-13(19)4-6-14;1-17(2,21)9-10-19-15-11-14(7-8-16(15)20(22)23)24-13-5-3-12(18)4-6-13;7-4-1-2-6(9(10)11)5(8)3-4/h3-8,11-12,22H,9-10H2,1-2H3;3-8,11,19,21H,9-10H2,1-2H3;1-3H. The molecule has 58 heavy (non-hydrogen) atoms. The van der Waals surface area contributed by atoms with E-state index < -0.39 is 38.4 Å². The van der Waals surface area contributed by atoms with Crippen LogP contribution in [0.1, 0.15) is 40.5 Å². The number of hydrogen-bond donors (Lipinski definition) is 3. The van der Waals surface area contributed by atoms with Crippen LogP contribution >= 0.6 is 23.2 Å². The lowest BCUT2D eigenvalue weighted by atomic mass is 10.1. The van der Waals surface area contributed by atoms with E-state index in [-0.39, 0.29) is 5.69 Å². The van der Waals surface area contributed by atoms with E-state index in [1.807, 2.05) is 34.9 Å². The van der Waals surface area contributed by atoms with Crippen LogP contribution in [0.2, 0.25) is 10.0 Å². The number of ether oxygens (including phenoxy) is 2. The Morgan fingerprint density at radius 3 is 1.72 bits per heavy atom. The van der Waals surface area contributed by atoms with E-state index in [0.717, 1.165) is 34.7 Å². The molecule has 0 aliphatic heterocycles. The van der Waals surface area contributed by atoms with Gasteiger partial charge in [0.2, 0.25) is 5.82 Å². The van der Waals surface area contributed by atoms with Gasteiger partial charge in [-0.05, 0) is 113 Å². The molecule has 6 rings (SSSR count). The van der Waals surface area contributed by atoms with Crippen LogP contribution in [0, 0.1) is 31.9 Å². The van der Waals surface area contributed by atoms with Gasteiger partial charge in [0.1, 0.15) is 34.5 Å². The highest BCUT2D eigenvalue weighted by molar-refractivity contribution is 6.30. The van der Waals surface area contributed by atoms with E-state index in [1.54, 1.807) is 76.5 Å². The fourth-order valence-electron chi connectivity index (χ4n) is 4.96. The highest BCUT2D eigenvalue weighted by atomic mass is 35.5. The van der Waals surface area contributed by atoms with Crippen molar-refractivity contribution in [1.29, 1.82) is 0 Å². The summed E-state index contributed by atoms with van der Waals surface area (Å²) in [6, 6.07) is 26.4. The Labute approximate surface area is 342 Å². The first-order valence-corrected chi connectivity index (χ1v) is 18.4. The predicted octanol–water partition coefficient (Wildman–Crippen LogP) is 11.1. The zero-order valence-corrected chi connectivity index (χ0v) is 33.4. The Morgan fingerprint density at radius 1 is 0.707 bits per heavy atom. The van der Waals surface area contributed by atoms with Gasteiger partial charge in [-0.3, -0.25) is 20.2 Å². The third-order valence-electron chi connectivity index (χ3n) is 7.98. The first-order chi connectivity index (χ1) is 27.3. The summed E-state index contributed by atoms with van der Waals surface area (Å²) in [6.45, 7) is 8.08. The lowest BCUT2D eigenvalue weighted by Crippen LogP contribution is -2.22. The van der Waals surface area contributed by atoms with Gasteiger partial charge < -0.3 is 29.6 Å². The number of benzene rings is 5. The molecule has 0 aliphatic rings. The number of fused-ring (bicyclic) bond motifs is 1. The molecule has 0 saturated carbocycles. The van der Waals surface area contributed by atoms with Gasteiger partial charge in [0, 0.05) is 53.5 Å².